The van der Waals surface area contributed by atoms with Gasteiger partial charge in [0, 0.05) is 18.0 Å². The van der Waals surface area contributed by atoms with Crippen LogP contribution in [0.1, 0.15) is 11.1 Å². The van der Waals surface area contributed by atoms with Crippen molar-refractivity contribution >= 4 is 5.65 Å². The summed E-state index contributed by atoms with van der Waals surface area (Å²) in [6.07, 6.45) is 4.13. The first-order valence-corrected chi connectivity index (χ1v) is 7.99. The number of aliphatic hydroxyl groups is 1. The third kappa shape index (κ3) is 2.70. The van der Waals surface area contributed by atoms with E-state index >= 15 is 0 Å². The average Bonchev–Trinajstić information content (AvgIpc) is 3.05. The highest BCUT2D eigenvalue weighted by Gasteiger charge is 2.06. The lowest BCUT2D eigenvalue weighted by Crippen LogP contribution is -1.87. The van der Waals surface area contributed by atoms with Gasteiger partial charge in [0.1, 0.15) is 5.65 Å². The van der Waals surface area contributed by atoms with Gasteiger partial charge in [0.05, 0.1) is 12.3 Å². The number of nitrogens with zero attached hydrogens (tertiary/aromatic N) is 2. The van der Waals surface area contributed by atoms with Gasteiger partial charge in [0.15, 0.2) is 0 Å². The first kappa shape index (κ1) is 14.7. The number of hydrogen-bond acceptors (Lipinski definition) is 2. The van der Waals surface area contributed by atoms with Crippen LogP contribution in [0, 0.1) is 6.92 Å². The summed E-state index contributed by atoms with van der Waals surface area (Å²) in [6.45, 7) is 2.14. The smallest absolute Gasteiger partial charge is 0.137 e. The van der Waals surface area contributed by atoms with Gasteiger partial charge in [0.25, 0.3) is 0 Å². The highest BCUT2D eigenvalue weighted by Crippen LogP contribution is 2.24. The second kappa shape index (κ2) is 5.95. The number of hydrogen-bond donors (Lipinski definition) is 1. The lowest BCUT2D eigenvalue weighted by atomic mass is 10.1. The molecule has 2 aromatic carbocycles. The highest BCUT2D eigenvalue weighted by molar-refractivity contribution is 5.68. The summed E-state index contributed by atoms with van der Waals surface area (Å²) < 4.78 is 2.05. The van der Waals surface area contributed by atoms with Gasteiger partial charge >= 0.3 is 0 Å². The molecule has 0 amide bonds. The summed E-state index contributed by atoms with van der Waals surface area (Å²) in [7, 11) is 0. The normalized spacial score (nSPS) is 11.1. The Hall–Kier alpha value is -2.91. The Balaban J connectivity index is 1.76. The molecule has 0 saturated heterocycles. The first-order valence-electron chi connectivity index (χ1n) is 7.99. The van der Waals surface area contributed by atoms with Crippen LogP contribution in [0.5, 0.6) is 0 Å². The minimum absolute atomic E-state index is 0.0543. The van der Waals surface area contributed by atoms with E-state index in [1.54, 1.807) is 0 Å². The number of aliphatic hydroxyl groups excluding tert-OH is 1. The molecule has 0 atom stereocenters. The molecule has 0 radical (unpaired) electrons. The largest absolute Gasteiger partial charge is 0.392 e. The van der Waals surface area contributed by atoms with Crippen molar-refractivity contribution in [2.24, 2.45) is 0 Å². The topological polar surface area (TPSA) is 37.5 Å². The molecular weight excluding hydrogens is 296 g/mol. The molecule has 0 aliphatic heterocycles. The second-order valence-electron chi connectivity index (χ2n) is 6.03. The summed E-state index contributed by atoms with van der Waals surface area (Å²) in [4.78, 5) is 4.70. The zero-order valence-electron chi connectivity index (χ0n) is 13.5. The van der Waals surface area contributed by atoms with Crippen LogP contribution < -0.4 is 0 Å². The fourth-order valence-electron chi connectivity index (χ4n) is 2.88. The summed E-state index contributed by atoms with van der Waals surface area (Å²) >= 11 is 0. The lowest BCUT2D eigenvalue weighted by Gasteiger charge is -2.04. The van der Waals surface area contributed by atoms with Crippen LogP contribution in [0.4, 0.5) is 0 Å². The Morgan fingerprint density at radius 3 is 2.46 bits per heavy atom. The molecule has 4 aromatic rings. The molecule has 3 nitrogen and oxygen atoms in total. The SMILES string of the molecule is Cc1ccc(-c2cn3cc(-c4cccc(CO)c4)ccc3n2)cc1. The van der Waals surface area contributed by atoms with Gasteiger partial charge in [-0.3, -0.25) is 0 Å². The predicted octanol–water partition coefficient (Wildman–Crippen LogP) is 4.47. The van der Waals surface area contributed by atoms with Crippen LogP contribution in [-0.4, -0.2) is 14.5 Å². The number of fused-ring (bicyclic) bond motifs is 1. The van der Waals surface area contributed by atoms with Crippen molar-refractivity contribution in [3.63, 3.8) is 0 Å². The summed E-state index contributed by atoms with van der Waals surface area (Å²) in [5, 5.41) is 9.31. The van der Waals surface area contributed by atoms with E-state index < -0.39 is 0 Å². The van der Waals surface area contributed by atoms with Crippen molar-refractivity contribution in [1.82, 2.24) is 9.38 Å². The molecule has 0 fully saturated rings. The van der Waals surface area contributed by atoms with E-state index in [2.05, 4.69) is 60.1 Å². The van der Waals surface area contributed by atoms with Crippen LogP contribution in [0.15, 0.2) is 73.1 Å². The van der Waals surface area contributed by atoms with E-state index in [4.69, 9.17) is 4.98 Å². The molecule has 4 rings (SSSR count). The van der Waals surface area contributed by atoms with Gasteiger partial charge in [-0.15, -0.1) is 0 Å². The quantitative estimate of drug-likeness (QED) is 0.606. The molecule has 0 aliphatic carbocycles. The van der Waals surface area contributed by atoms with Crippen molar-refractivity contribution in [1.29, 1.82) is 0 Å². The number of pyridine rings is 1. The van der Waals surface area contributed by atoms with E-state index in [1.807, 2.05) is 24.3 Å². The fraction of sp³-hybridized carbons (Fsp3) is 0.0952. The van der Waals surface area contributed by atoms with Crippen LogP contribution >= 0.6 is 0 Å². The number of aromatic nitrogens is 2. The maximum absolute atomic E-state index is 9.31. The molecule has 0 bridgehead atoms. The number of benzene rings is 2. The third-order valence-electron chi connectivity index (χ3n) is 4.24. The van der Waals surface area contributed by atoms with E-state index in [0.717, 1.165) is 33.6 Å². The Morgan fingerprint density at radius 1 is 0.875 bits per heavy atom. The number of aryl methyl sites for hydroxylation is 1. The minimum atomic E-state index is 0.0543. The molecule has 118 valence electrons. The van der Waals surface area contributed by atoms with Crippen LogP contribution in [0.25, 0.3) is 28.0 Å². The second-order valence-corrected chi connectivity index (χ2v) is 6.03. The summed E-state index contributed by atoms with van der Waals surface area (Å²) in [5.74, 6) is 0. The van der Waals surface area contributed by atoms with Crippen molar-refractivity contribution in [2.45, 2.75) is 13.5 Å². The Kier molecular flexibility index (Phi) is 3.63. The van der Waals surface area contributed by atoms with Crippen molar-refractivity contribution in [3.8, 4) is 22.4 Å². The van der Waals surface area contributed by atoms with E-state index in [0.29, 0.717) is 0 Å². The standard InChI is InChI=1S/C21H18N2O/c1-15-5-7-17(8-6-15)20-13-23-12-19(9-10-21(23)22-20)18-4-2-3-16(11-18)14-24/h2-13,24H,14H2,1H3. The molecule has 0 aliphatic rings. The summed E-state index contributed by atoms with van der Waals surface area (Å²) in [6, 6.07) is 20.5. The summed E-state index contributed by atoms with van der Waals surface area (Å²) in [5.41, 5.74) is 7.36. The van der Waals surface area contributed by atoms with Crippen LogP contribution in [-0.2, 0) is 6.61 Å². The fourth-order valence-corrected chi connectivity index (χ4v) is 2.88. The van der Waals surface area contributed by atoms with Crippen molar-refractivity contribution in [3.05, 3.63) is 84.2 Å². The zero-order valence-corrected chi connectivity index (χ0v) is 13.5. The van der Waals surface area contributed by atoms with Crippen LogP contribution in [0.3, 0.4) is 0 Å². The molecule has 0 spiro atoms. The molecular formula is C21H18N2O. The molecule has 1 N–H and O–H groups in total. The average molecular weight is 314 g/mol. The van der Waals surface area contributed by atoms with Gasteiger partial charge in [-0.05, 0) is 41.8 Å². The monoisotopic (exact) mass is 314 g/mol. The maximum Gasteiger partial charge on any atom is 0.137 e. The Bertz CT molecular complexity index is 1000. The van der Waals surface area contributed by atoms with Crippen molar-refractivity contribution in [2.75, 3.05) is 0 Å². The molecule has 0 unspecified atom stereocenters. The first-order chi connectivity index (χ1) is 11.7. The zero-order chi connectivity index (χ0) is 16.5. The minimum Gasteiger partial charge on any atom is -0.392 e. The van der Waals surface area contributed by atoms with Gasteiger partial charge in [-0.2, -0.15) is 0 Å². The van der Waals surface area contributed by atoms with Crippen LogP contribution in [0.2, 0.25) is 0 Å². The lowest BCUT2D eigenvalue weighted by molar-refractivity contribution is 0.282. The van der Waals surface area contributed by atoms with Crippen molar-refractivity contribution < 1.29 is 5.11 Å². The highest BCUT2D eigenvalue weighted by atomic mass is 16.3. The van der Waals surface area contributed by atoms with E-state index in [9.17, 15) is 5.11 Å². The van der Waals surface area contributed by atoms with Gasteiger partial charge in [-0.1, -0.05) is 48.0 Å². The molecule has 2 heterocycles. The number of rotatable bonds is 3. The molecule has 0 saturated carbocycles. The van der Waals surface area contributed by atoms with Gasteiger partial charge in [-0.25, -0.2) is 4.98 Å². The van der Waals surface area contributed by atoms with Gasteiger partial charge < -0.3 is 9.51 Å². The Morgan fingerprint density at radius 2 is 1.67 bits per heavy atom. The van der Waals surface area contributed by atoms with E-state index in [-0.39, 0.29) is 6.61 Å². The molecule has 2 aromatic heterocycles. The van der Waals surface area contributed by atoms with Gasteiger partial charge in [0.2, 0.25) is 0 Å². The maximum atomic E-state index is 9.31. The third-order valence-corrected chi connectivity index (χ3v) is 4.24. The molecule has 3 heteroatoms. The molecule has 24 heavy (non-hydrogen) atoms. The number of imidazole rings is 1. The Labute approximate surface area is 140 Å². The van der Waals surface area contributed by atoms with E-state index in [1.165, 1.54) is 5.56 Å². The predicted molar refractivity (Wildman–Crippen MR) is 96.7 cm³/mol.